The molecule has 29 heavy (non-hydrogen) atoms. The number of halogens is 1. The van der Waals surface area contributed by atoms with Crippen LogP contribution in [-0.4, -0.2) is 41.3 Å². The summed E-state index contributed by atoms with van der Waals surface area (Å²) in [5, 5.41) is 18.9. The quantitative estimate of drug-likeness (QED) is 0.610. The molecule has 1 aliphatic heterocycles. The molecular weight excluding hydrogens is 402 g/mol. The van der Waals surface area contributed by atoms with E-state index in [9.17, 15) is 5.26 Å². The summed E-state index contributed by atoms with van der Waals surface area (Å²) in [6.45, 7) is 8.30. The molecule has 2 aromatic heterocycles. The van der Waals surface area contributed by atoms with E-state index in [0.717, 1.165) is 54.6 Å². The number of benzene rings is 1. The van der Waals surface area contributed by atoms with Crippen LogP contribution >= 0.6 is 22.9 Å². The zero-order valence-electron chi connectivity index (χ0n) is 16.5. The molecule has 0 aliphatic carbocycles. The molecule has 0 spiro atoms. The van der Waals surface area contributed by atoms with E-state index in [1.54, 1.807) is 11.3 Å². The number of piperazine rings is 1. The molecule has 0 radical (unpaired) electrons. The molecule has 7 heteroatoms. The van der Waals surface area contributed by atoms with Gasteiger partial charge in [0, 0.05) is 53.1 Å². The molecule has 1 saturated heterocycles. The first-order valence-electron chi connectivity index (χ1n) is 9.61. The average molecular weight is 424 g/mol. The maximum atomic E-state index is 9.55. The van der Waals surface area contributed by atoms with E-state index >= 15 is 0 Å². The fourth-order valence-electron chi connectivity index (χ4n) is 3.56. The van der Waals surface area contributed by atoms with Crippen molar-refractivity contribution >= 4 is 28.8 Å². The molecule has 0 atom stereocenters. The first-order chi connectivity index (χ1) is 14.1. The van der Waals surface area contributed by atoms with Crippen LogP contribution in [0.15, 0.2) is 36.4 Å². The van der Waals surface area contributed by atoms with Crippen LogP contribution in [0, 0.1) is 25.2 Å². The lowest BCUT2D eigenvalue weighted by atomic mass is 10.1. The Morgan fingerprint density at radius 3 is 2.55 bits per heavy atom. The van der Waals surface area contributed by atoms with Gasteiger partial charge >= 0.3 is 0 Å². The molecule has 3 aromatic rings. The molecule has 148 valence electrons. The molecule has 4 rings (SSSR count). The van der Waals surface area contributed by atoms with Gasteiger partial charge in [-0.15, -0.1) is 16.4 Å². The predicted molar refractivity (Wildman–Crippen MR) is 118 cm³/mol. The summed E-state index contributed by atoms with van der Waals surface area (Å²) in [4.78, 5) is 7.16. The molecule has 0 bridgehead atoms. The van der Waals surface area contributed by atoms with E-state index < -0.39 is 0 Å². The first-order valence-corrected chi connectivity index (χ1v) is 10.8. The maximum absolute atomic E-state index is 9.55. The van der Waals surface area contributed by atoms with Crippen molar-refractivity contribution in [2.24, 2.45) is 0 Å². The second-order valence-electron chi connectivity index (χ2n) is 7.23. The number of anilines is 1. The zero-order chi connectivity index (χ0) is 20.4. The van der Waals surface area contributed by atoms with Crippen molar-refractivity contribution in [2.75, 3.05) is 31.1 Å². The summed E-state index contributed by atoms with van der Waals surface area (Å²) in [5.74, 6) is 0.715. The smallest absolute Gasteiger partial charge is 0.169 e. The Labute approximate surface area is 180 Å². The fraction of sp³-hybridized carbons (Fsp3) is 0.318. The number of hydrogen-bond donors (Lipinski definition) is 0. The molecule has 0 amide bonds. The van der Waals surface area contributed by atoms with Crippen LogP contribution in [0.1, 0.15) is 21.7 Å². The van der Waals surface area contributed by atoms with Crippen LogP contribution in [0.5, 0.6) is 0 Å². The summed E-state index contributed by atoms with van der Waals surface area (Å²) >= 11 is 8.13. The minimum absolute atomic E-state index is 0.647. The van der Waals surface area contributed by atoms with Crippen molar-refractivity contribution in [1.82, 2.24) is 15.1 Å². The highest BCUT2D eigenvalue weighted by molar-refractivity contribution is 7.15. The molecular formula is C22H22ClN5S. The van der Waals surface area contributed by atoms with Gasteiger partial charge in [0.05, 0.1) is 5.69 Å². The topological polar surface area (TPSA) is 56.1 Å². The Morgan fingerprint density at radius 2 is 1.83 bits per heavy atom. The zero-order valence-corrected chi connectivity index (χ0v) is 18.1. The summed E-state index contributed by atoms with van der Waals surface area (Å²) in [6, 6.07) is 14.6. The van der Waals surface area contributed by atoms with Gasteiger partial charge in [-0.2, -0.15) is 10.4 Å². The van der Waals surface area contributed by atoms with E-state index in [2.05, 4.69) is 44.3 Å². The van der Waals surface area contributed by atoms with Crippen LogP contribution in [0.2, 0.25) is 5.02 Å². The van der Waals surface area contributed by atoms with Crippen LogP contribution in [0.25, 0.3) is 10.4 Å². The molecule has 5 nitrogen and oxygen atoms in total. The van der Waals surface area contributed by atoms with Crippen molar-refractivity contribution in [2.45, 2.75) is 20.4 Å². The van der Waals surface area contributed by atoms with Gasteiger partial charge < -0.3 is 4.90 Å². The van der Waals surface area contributed by atoms with Gasteiger partial charge in [0.1, 0.15) is 11.6 Å². The number of rotatable bonds is 4. The van der Waals surface area contributed by atoms with Gasteiger partial charge in [-0.05, 0) is 37.6 Å². The summed E-state index contributed by atoms with van der Waals surface area (Å²) < 4.78 is 0. The van der Waals surface area contributed by atoms with Gasteiger partial charge in [-0.1, -0.05) is 29.8 Å². The lowest BCUT2D eigenvalue weighted by Crippen LogP contribution is -2.46. The third-order valence-electron chi connectivity index (χ3n) is 5.40. The van der Waals surface area contributed by atoms with Crippen LogP contribution in [0.4, 0.5) is 5.82 Å². The molecule has 1 fully saturated rings. The van der Waals surface area contributed by atoms with Gasteiger partial charge in [0.25, 0.3) is 0 Å². The van der Waals surface area contributed by atoms with Crippen molar-refractivity contribution in [3.63, 3.8) is 0 Å². The molecule has 0 saturated carbocycles. The number of aryl methyl sites for hydroxylation is 1. The SMILES string of the molecule is Cc1nnc(N2CCN(Cc3ccc(-c4ccccc4Cl)s3)CC2)c(C#N)c1C. The summed E-state index contributed by atoms with van der Waals surface area (Å²) in [5.41, 5.74) is 3.47. The van der Waals surface area contributed by atoms with E-state index in [1.165, 1.54) is 9.75 Å². The third-order valence-corrected chi connectivity index (χ3v) is 6.83. The summed E-state index contributed by atoms with van der Waals surface area (Å²) in [7, 11) is 0. The number of hydrogen-bond acceptors (Lipinski definition) is 6. The third kappa shape index (κ3) is 4.13. The Balaban J connectivity index is 1.41. The van der Waals surface area contributed by atoms with Crippen molar-refractivity contribution in [3.8, 4) is 16.5 Å². The monoisotopic (exact) mass is 423 g/mol. The molecule has 0 unspecified atom stereocenters. The van der Waals surface area contributed by atoms with Crippen molar-refractivity contribution in [3.05, 3.63) is 63.1 Å². The molecule has 1 aliphatic rings. The van der Waals surface area contributed by atoms with Crippen LogP contribution < -0.4 is 4.90 Å². The Bertz CT molecular complexity index is 1060. The van der Waals surface area contributed by atoms with E-state index in [-0.39, 0.29) is 0 Å². The minimum Gasteiger partial charge on any atom is -0.351 e. The highest BCUT2D eigenvalue weighted by atomic mass is 35.5. The van der Waals surface area contributed by atoms with Gasteiger partial charge in [0.2, 0.25) is 0 Å². The lowest BCUT2D eigenvalue weighted by Gasteiger charge is -2.35. The number of nitriles is 1. The maximum Gasteiger partial charge on any atom is 0.169 e. The van der Waals surface area contributed by atoms with E-state index in [0.29, 0.717) is 11.4 Å². The van der Waals surface area contributed by atoms with E-state index in [1.807, 2.05) is 32.0 Å². The second-order valence-corrected chi connectivity index (χ2v) is 8.81. The van der Waals surface area contributed by atoms with Crippen molar-refractivity contribution in [1.29, 1.82) is 5.26 Å². The highest BCUT2D eigenvalue weighted by Gasteiger charge is 2.23. The van der Waals surface area contributed by atoms with Crippen LogP contribution in [0.3, 0.4) is 0 Å². The van der Waals surface area contributed by atoms with Gasteiger partial charge in [-0.3, -0.25) is 4.90 Å². The van der Waals surface area contributed by atoms with Crippen LogP contribution in [-0.2, 0) is 6.54 Å². The summed E-state index contributed by atoms with van der Waals surface area (Å²) in [6.07, 6.45) is 0. The minimum atomic E-state index is 0.647. The Hall–Kier alpha value is -2.46. The number of thiophene rings is 1. The first kappa shape index (κ1) is 19.8. The van der Waals surface area contributed by atoms with Gasteiger partial charge in [0.15, 0.2) is 5.82 Å². The standard InChI is InChI=1S/C22H22ClN5S/c1-15-16(2)25-26-22(19(15)13-24)28-11-9-27(10-12-28)14-17-7-8-21(29-17)18-5-3-4-6-20(18)23/h3-8H,9-12,14H2,1-2H3. The normalized spacial score (nSPS) is 14.8. The molecule has 0 N–H and O–H groups in total. The number of aromatic nitrogens is 2. The van der Waals surface area contributed by atoms with E-state index in [4.69, 9.17) is 11.6 Å². The van der Waals surface area contributed by atoms with Gasteiger partial charge in [-0.25, -0.2) is 0 Å². The van der Waals surface area contributed by atoms with Crippen molar-refractivity contribution < 1.29 is 0 Å². The Morgan fingerprint density at radius 1 is 1.07 bits per heavy atom. The second kappa shape index (κ2) is 8.50. The highest BCUT2D eigenvalue weighted by Crippen LogP contribution is 2.33. The lowest BCUT2D eigenvalue weighted by molar-refractivity contribution is 0.251. The molecule has 3 heterocycles. The fourth-order valence-corrected chi connectivity index (χ4v) is 4.94. The largest absolute Gasteiger partial charge is 0.351 e. The number of nitrogens with zero attached hydrogens (tertiary/aromatic N) is 5. The predicted octanol–water partition coefficient (Wildman–Crippen LogP) is 4.67. The Kier molecular flexibility index (Phi) is 5.81. The average Bonchev–Trinajstić information content (AvgIpc) is 3.19. The molecule has 1 aromatic carbocycles.